The van der Waals surface area contributed by atoms with Gasteiger partial charge in [-0.05, 0) is 35.9 Å². The van der Waals surface area contributed by atoms with Gasteiger partial charge in [-0.15, -0.1) is 0 Å². The molecule has 1 N–H and O–H groups in total. The number of hydrogen-bond acceptors (Lipinski definition) is 3. The summed E-state index contributed by atoms with van der Waals surface area (Å²) in [5, 5.41) is 9.15. The zero-order valence-electron chi connectivity index (χ0n) is 8.26. The lowest BCUT2D eigenvalue weighted by Crippen LogP contribution is -2.24. The minimum Gasteiger partial charge on any atom is -0.508 e. The molecule has 1 aliphatic rings. The number of phenols is 1. The third kappa shape index (κ3) is 2.09. The molecule has 1 aromatic rings. The van der Waals surface area contributed by atoms with Gasteiger partial charge in [-0.3, -0.25) is 4.79 Å². The molecule has 0 aliphatic carbocycles. The van der Waals surface area contributed by atoms with Crippen molar-refractivity contribution in [1.82, 2.24) is 0 Å². The lowest BCUT2D eigenvalue weighted by atomic mass is 10.1. The van der Waals surface area contributed by atoms with E-state index in [1.807, 2.05) is 0 Å². The number of carbonyl (C=O) groups is 1. The molecular formula is C11H13NO2S. The molecule has 0 radical (unpaired) electrons. The standard InChI is InChI=1S/C11H13NO2S/c13-10-3-1-9(2-4-10)12-6-8(7-15)5-11(12)14/h1-4,8,13,15H,5-7H2. The number of aromatic hydroxyl groups is 1. The Kier molecular flexibility index (Phi) is 2.86. The number of benzene rings is 1. The molecule has 2 rings (SSSR count). The molecule has 0 bridgehead atoms. The Hall–Kier alpha value is -1.16. The Morgan fingerprint density at radius 1 is 1.40 bits per heavy atom. The molecule has 1 unspecified atom stereocenters. The highest BCUT2D eigenvalue weighted by molar-refractivity contribution is 7.80. The van der Waals surface area contributed by atoms with Crippen molar-refractivity contribution in [3.05, 3.63) is 24.3 Å². The minimum absolute atomic E-state index is 0.139. The molecule has 1 aliphatic heterocycles. The van der Waals surface area contributed by atoms with Gasteiger partial charge in [0.1, 0.15) is 5.75 Å². The van der Waals surface area contributed by atoms with E-state index in [4.69, 9.17) is 5.11 Å². The second-order valence-electron chi connectivity index (χ2n) is 3.77. The predicted molar refractivity (Wildman–Crippen MR) is 62.4 cm³/mol. The van der Waals surface area contributed by atoms with E-state index in [0.29, 0.717) is 12.3 Å². The van der Waals surface area contributed by atoms with Crippen molar-refractivity contribution in [2.75, 3.05) is 17.2 Å². The van der Waals surface area contributed by atoms with Gasteiger partial charge in [-0.1, -0.05) is 0 Å². The van der Waals surface area contributed by atoms with E-state index in [1.54, 1.807) is 29.2 Å². The maximum absolute atomic E-state index is 11.7. The maximum Gasteiger partial charge on any atom is 0.227 e. The summed E-state index contributed by atoms with van der Waals surface area (Å²) in [6.45, 7) is 0.729. The van der Waals surface area contributed by atoms with Crippen LogP contribution in [0.2, 0.25) is 0 Å². The molecule has 80 valence electrons. The molecule has 0 aromatic heterocycles. The molecule has 1 aromatic carbocycles. The van der Waals surface area contributed by atoms with Crippen molar-refractivity contribution in [2.45, 2.75) is 6.42 Å². The van der Waals surface area contributed by atoms with Crippen LogP contribution in [0, 0.1) is 5.92 Å². The van der Waals surface area contributed by atoms with Gasteiger partial charge in [0.2, 0.25) is 5.91 Å². The molecule has 1 heterocycles. The maximum atomic E-state index is 11.7. The number of nitrogens with zero attached hydrogens (tertiary/aromatic N) is 1. The summed E-state index contributed by atoms with van der Waals surface area (Å²) in [4.78, 5) is 13.4. The number of rotatable bonds is 2. The summed E-state index contributed by atoms with van der Waals surface area (Å²) >= 11 is 4.21. The van der Waals surface area contributed by atoms with Gasteiger partial charge < -0.3 is 10.0 Å². The number of amides is 1. The third-order valence-electron chi connectivity index (χ3n) is 2.62. The van der Waals surface area contributed by atoms with Crippen LogP contribution in [0.4, 0.5) is 5.69 Å². The van der Waals surface area contributed by atoms with E-state index in [9.17, 15) is 4.79 Å². The number of hydrogen-bond donors (Lipinski definition) is 2. The highest BCUT2D eigenvalue weighted by Crippen LogP contribution is 2.26. The van der Waals surface area contributed by atoms with Gasteiger partial charge in [0.25, 0.3) is 0 Å². The van der Waals surface area contributed by atoms with E-state index in [1.165, 1.54) is 0 Å². The number of thiol groups is 1. The molecule has 1 amide bonds. The van der Waals surface area contributed by atoms with Gasteiger partial charge >= 0.3 is 0 Å². The summed E-state index contributed by atoms with van der Waals surface area (Å²) in [6, 6.07) is 6.70. The van der Waals surface area contributed by atoms with Gasteiger partial charge in [-0.25, -0.2) is 0 Å². The third-order valence-corrected chi connectivity index (χ3v) is 3.14. The fourth-order valence-electron chi connectivity index (χ4n) is 1.79. The minimum atomic E-state index is 0.139. The van der Waals surface area contributed by atoms with Crippen molar-refractivity contribution in [1.29, 1.82) is 0 Å². The molecule has 1 atom stereocenters. The Bertz CT molecular complexity index is 363. The number of anilines is 1. The van der Waals surface area contributed by atoms with Crippen LogP contribution >= 0.6 is 12.6 Å². The van der Waals surface area contributed by atoms with Gasteiger partial charge in [0, 0.05) is 18.7 Å². The van der Waals surface area contributed by atoms with Crippen molar-refractivity contribution >= 4 is 24.2 Å². The van der Waals surface area contributed by atoms with E-state index in [2.05, 4.69) is 12.6 Å². The molecule has 4 heteroatoms. The first-order chi connectivity index (χ1) is 7.20. The number of carbonyl (C=O) groups excluding carboxylic acids is 1. The van der Waals surface area contributed by atoms with Crippen LogP contribution in [-0.2, 0) is 4.79 Å². The summed E-state index contributed by atoms with van der Waals surface area (Å²) in [5.74, 6) is 1.44. The van der Waals surface area contributed by atoms with Crippen molar-refractivity contribution in [2.24, 2.45) is 5.92 Å². The zero-order chi connectivity index (χ0) is 10.8. The highest BCUT2D eigenvalue weighted by atomic mass is 32.1. The lowest BCUT2D eigenvalue weighted by Gasteiger charge is -2.16. The smallest absolute Gasteiger partial charge is 0.227 e. The molecule has 1 saturated heterocycles. The van der Waals surface area contributed by atoms with Crippen LogP contribution in [0.5, 0.6) is 5.75 Å². The van der Waals surface area contributed by atoms with Crippen LogP contribution in [0.25, 0.3) is 0 Å². The van der Waals surface area contributed by atoms with E-state index < -0.39 is 0 Å². The first-order valence-corrected chi connectivity index (χ1v) is 5.54. The highest BCUT2D eigenvalue weighted by Gasteiger charge is 2.29. The summed E-state index contributed by atoms with van der Waals surface area (Å²) in [7, 11) is 0. The SMILES string of the molecule is O=C1CC(CS)CN1c1ccc(O)cc1. The van der Waals surface area contributed by atoms with E-state index in [-0.39, 0.29) is 11.7 Å². The summed E-state index contributed by atoms with van der Waals surface area (Å²) < 4.78 is 0. The Morgan fingerprint density at radius 3 is 2.60 bits per heavy atom. The fourth-order valence-corrected chi connectivity index (χ4v) is 2.03. The fraction of sp³-hybridized carbons (Fsp3) is 0.364. The van der Waals surface area contributed by atoms with Gasteiger partial charge in [0.05, 0.1) is 0 Å². The average molecular weight is 223 g/mol. The van der Waals surface area contributed by atoms with Crippen LogP contribution in [0.3, 0.4) is 0 Å². The largest absolute Gasteiger partial charge is 0.508 e. The van der Waals surface area contributed by atoms with Crippen LogP contribution in [0.15, 0.2) is 24.3 Å². The van der Waals surface area contributed by atoms with Crippen molar-refractivity contribution < 1.29 is 9.90 Å². The first kappa shape index (κ1) is 10.4. The number of phenolic OH excluding ortho intramolecular Hbond substituents is 1. The molecule has 15 heavy (non-hydrogen) atoms. The average Bonchev–Trinajstić information content (AvgIpc) is 2.61. The predicted octanol–water partition coefficient (Wildman–Crippen LogP) is 1.67. The van der Waals surface area contributed by atoms with Crippen molar-refractivity contribution in [3.63, 3.8) is 0 Å². The second kappa shape index (κ2) is 4.14. The van der Waals surface area contributed by atoms with Gasteiger partial charge in [0.15, 0.2) is 0 Å². The van der Waals surface area contributed by atoms with Crippen molar-refractivity contribution in [3.8, 4) is 5.75 Å². The lowest BCUT2D eigenvalue weighted by molar-refractivity contribution is -0.117. The second-order valence-corrected chi connectivity index (χ2v) is 4.14. The summed E-state index contributed by atoms with van der Waals surface area (Å²) in [6.07, 6.45) is 0.574. The molecule has 0 saturated carbocycles. The molecule has 1 fully saturated rings. The van der Waals surface area contributed by atoms with Crippen LogP contribution < -0.4 is 4.90 Å². The molecule has 3 nitrogen and oxygen atoms in total. The molecule has 0 spiro atoms. The van der Waals surface area contributed by atoms with Gasteiger partial charge in [-0.2, -0.15) is 12.6 Å². The first-order valence-electron chi connectivity index (χ1n) is 4.91. The van der Waals surface area contributed by atoms with Crippen LogP contribution in [0.1, 0.15) is 6.42 Å². The quantitative estimate of drug-likeness (QED) is 0.749. The molecular weight excluding hydrogens is 210 g/mol. The zero-order valence-corrected chi connectivity index (χ0v) is 9.15. The van der Waals surface area contributed by atoms with Crippen LogP contribution in [-0.4, -0.2) is 23.3 Å². The Labute approximate surface area is 94.1 Å². The normalized spacial score (nSPS) is 21.0. The van der Waals surface area contributed by atoms with E-state index in [0.717, 1.165) is 18.0 Å². The van der Waals surface area contributed by atoms with E-state index >= 15 is 0 Å². The summed E-state index contributed by atoms with van der Waals surface area (Å²) in [5.41, 5.74) is 0.849. The Balaban J connectivity index is 2.18. The Morgan fingerprint density at radius 2 is 2.07 bits per heavy atom. The monoisotopic (exact) mass is 223 g/mol. The topological polar surface area (TPSA) is 40.5 Å².